The molecule has 1 amide bonds. The minimum atomic E-state index is -1.92. The van der Waals surface area contributed by atoms with Crippen LogP contribution in [0.15, 0.2) is 0 Å². The molecular formula is C8H16N2O4. The Balaban J connectivity index is 3.82. The number of nitrogens with two attached hydrogens (primary N) is 1. The molecule has 14 heavy (non-hydrogen) atoms. The molecular weight excluding hydrogens is 188 g/mol. The van der Waals surface area contributed by atoms with Gasteiger partial charge in [0.1, 0.15) is 0 Å². The molecule has 0 radical (unpaired) electrons. The average Bonchev–Trinajstić information content (AvgIpc) is 2.11. The number of rotatable bonds is 6. The van der Waals surface area contributed by atoms with Crippen LogP contribution in [-0.2, 0) is 9.59 Å². The monoisotopic (exact) mass is 204 g/mol. The third-order valence-electron chi connectivity index (χ3n) is 1.70. The maximum atomic E-state index is 11.0. The first-order valence-electron chi connectivity index (χ1n) is 4.32. The van der Waals surface area contributed by atoms with Gasteiger partial charge in [0.25, 0.3) is 0 Å². The van der Waals surface area contributed by atoms with E-state index < -0.39 is 11.6 Å². The van der Waals surface area contributed by atoms with E-state index in [0.29, 0.717) is 13.0 Å². The third-order valence-corrected chi connectivity index (χ3v) is 1.70. The second kappa shape index (κ2) is 5.56. The van der Waals surface area contributed by atoms with Gasteiger partial charge in [-0.25, -0.2) is 4.79 Å². The van der Waals surface area contributed by atoms with E-state index in [0.717, 1.165) is 6.92 Å². The summed E-state index contributed by atoms with van der Waals surface area (Å²) in [5.74, 6) is -1.67. The summed E-state index contributed by atoms with van der Waals surface area (Å²) in [6, 6.07) is 0. The van der Waals surface area contributed by atoms with Crippen LogP contribution in [0.4, 0.5) is 0 Å². The van der Waals surface area contributed by atoms with Crippen LogP contribution in [0.1, 0.15) is 19.8 Å². The van der Waals surface area contributed by atoms with E-state index in [9.17, 15) is 14.7 Å². The summed E-state index contributed by atoms with van der Waals surface area (Å²) in [5, 5.41) is 20.0. The van der Waals surface area contributed by atoms with Crippen LogP contribution in [0.5, 0.6) is 0 Å². The molecule has 1 atom stereocenters. The Hall–Kier alpha value is -1.14. The van der Waals surface area contributed by atoms with Crippen LogP contribution in [-0.4, -0.2) is 40.8 Å². The minimum absolute atomic E-state index is 0.242. The Kier molecular flexibility index (Phi) is 5.11. The van der Waals surface area contributed by atoms with E-state index in [1.807, 2.05) is 0 Å². The van der Waals surface area contributed by atoms with Crippen molar-refractivity contribution in [1.29, 1.82) is 0 Å². The Morgan fingerprint density at radius 1 is 1.50 bits per heavy atom. The fraction of sp³-hybridized carbons (Fsp3) is 0.750. The molecule has 0 spiro atoms. The first-order valence-corrected chi connectivity index (χ1v) is 4.32. The summed E-state index contributed by atoms with van der Waals surface area (Å²) in [4.78, 5) is 21.4. The number of amides is 1. The highest BCUT2D eigenvalue weighted by Crippen LogP contribution is 2.00. The zero-order chi connectivity index (χ0) is 11.2. The van der Waals surface area contributed by atoms with Crippen LogP contribution in [0.2, 0.25) is 0 Å². The van der Waals surface area contributed by atoms with Crippen LogP contribution >= 0.6 is 0 Å². The molecule has 82 valence electrons. The normalized spacial score (nSPS) is 14.5. The molecule has 0 aliphatic rings. The van der Waals surface area contributed by atoms with Crippen molar-refractivity contribution in [2.45, 2.75) is 25.4 Å². The van der Waals surface area contributed by atoms with Gasteiger partial charge in [0.2, 0.25) is 5.91 Å². The van der Waals surface area contributed by atoms with Crippen molar-refractivity contribution in [3.8, 4) is 0 Å². The van der Waals surface area contributed by atoms with E-state index in [1.165, 1.54) is 0 Å². The lowest BCUT2D eigenvalue weighted by Gasteiger charge is -2.18. The Morgan fingerprint density at radius 2 is 2.07 bits per heavy atom. The number of carboxylic acid groups (broad SMARTS) is 1. The van der Waals surface area contributed by atoms with Gasteiger partial charge in [-0.05, 0) is 19.9 Å². The second-order valence-corrected chi connectivity index (χ2v) is 3.25. The maximum Gasteiger partial charge on any atom is 0.337 e. The number of carbonyl (C=O) groups excluding carboxylic acids is 1. The highest BCUT2D eigenvalue weighted by molar-refractivity contribution is 5.80. The first-order chi connectivity index (χ1) is 6.40. The van der Waals surface area contributed by atoms with Crippen molar-refractivity contribution in [2.75, 3.05) is 13.1 Å². The van der Waals surface area contributed by atoms with E-state index >= 15 is 0 Å². The fourth-order valence-electron chi connectivity index (χ4n) is 0.697. The molecule has 0 fully saturated rings. The summed E-state index contributed by atoms with van der Waals surface area (Å²) in [6.07, 6.45) is 0.785. The average molecular weight is 204 g/mol. The number of hydrogen-bond acceptors (Lipinski definition) is 4. The SMILES string of the molecule is CC(O)(CNC(=O)CCCN)C(=O)O. The molecule has 0 saturated carbocycles. The van der Waals surface area contributed by atoms with Gasteiger partial charge in [-0.3, -0.25) is 4.79 Å². The molecule has 1 unspecified atom stereocenters. The molecule has 0 aromatic rings. The molecule has 0 saturated heterocycles. The number of nitrogens with one attached hydrogen (secondary N) is 1. The van der Waals surface area contributed by atoms with Crippen LogP contribution in [0.3, 0.4) is 0 Å². The lowest BCUT2D eigenvalue weighted by Crippen LogP contribution is -2.46. The van der Waals surface area contributed by atoms with Gasteiger partial charge >= 0.3 is 5.97 Å². The van der Waals surface area contributed by atoms with Gasteiger partial charge in [0, 0.05) is 6.42 Å². The van der Waals surface area contributed by atoms with Gasteiger partial charge < -0.3 is 21.3 Å². The molecule has 0 rings (SSSR count). The molecule has 0 aromatic carbocycles. The quantitative estimate of drug-likeness (QED) is 0.428. The molecule has 6 heteroatoms. The highest BCUT2D eigenvalue weighted by Gasteiger charge is 2.29. The lowest BCUT2D eigenvalue weighted by molar-refractivity contribution is -0.156. The summed E-state index contributed by atoms with van der Waals surface area (Å²) >= 11 is 0. The first kappa shape index (κ1) is 12.9. The standard InChI is InChI=1S/C8H16N2O4/c1-8(14,7(12)13)5-10-6(11)3-2-4-9/h14H,2-5,9H2,1H3,(H,10,11)(H,12,13). The molecule has 0 aliphatic heterocycles. The smallest absolute Gasteiger partial charge is 0.337 e. The number of carboxylic acids is 1. The van der Waals surface area contributed by atoms with Gasteiger partial charge in [-0.1, -0.05) is 0 Å². The zero-order valence-corrected chi connectivity index (χ0v) is 8.12. The molecule has 0 heterocycles. The predicted octanol–water partition coefficient (Wildman–Crippen LogP) is -1.32. The van der Waals surface area contributed by atoms with Crippen molar-refractivity contribution in [2.24, 2.45) is 5.73 Å². The summed E-state index contributed by atoms with van der Waals surface area (Å²) in [5.41, 5.74) is 3.27. The number of aliphatic hydroxyl groups is 1. The van der Waals surface area contributed by atoms with Crippen molar-refractivity contribution in [3.63, 3.8) is 0 Å². The van der Waals surface area contributed by atoms with E-state index in [4.69, 9.17) is 10.8 Å². The number of hydrogen-bond donors (Lipinski definition) is 4. The fourth-order valence-corrected chi connectivity index (χ4v) is 0.697. The van der Waals surface area contributed by atoms with E-state index in [1.54, 1.807) is 0 Å². The van der Waals surface area contributed by atoms with Gasteiger partial charge in [0.05, 0.1) is 6.54 Å². The summed E-state index contributed by atoms with van der Waals surface area (Å²) in [6.45, 7) is 1.23. The summed E-state index contributed by atoms with van der Waals surface area (Å²) in [7, 11) is 0. The van der Waals surface area contributed by atoms with Crippen LogP contribution < -0.4 is 11.1 Å². The second-order valence-electron chi connectivity index (χ2n) is 3.25. The van der Waals surface area contributed by atoms with Crippen molar-refractivity contribution >= 4 is 11.9 Å². The molecule has 0 aromatic heterocycles. The Labute approximate surface area is 82.1 Å². The largest absolute Gasteiger partial charge is 0.479 e. The van der Waals surface area contributed by atoms with Gasteiger partial charge in [-0.15, -0.1) is 0 Å². The Bertz CT molecular complexity index is 215. The van der Waals surface area contributed by atoms with Crippen molar-refractivity contribution in [1.82, 2.24) is 5.32 Å². The van der Waals surface area contributed by atoms with E-state index in [2.05, 4.69) is 5.32 Å². The topological polar surface area (TPSA) is 113 Å². The zero-order valence-electron chi connectivity index (χ0n) is 8.12. The number of carbonyl (C=O) groups is 2. The third kappa shape index (κ3) is 4.78. The highest BCUT2D eigenvalue weighted by atomic mass is 16.4. The lowest BCUT2D eigenvalue weighted by atomic mass is 10.1. The van der Waals surface area contributed by atoms with Crippen LogP contribution in [0, 0.1) is 0 Å². The molecule has 0 aliphatic carbocycles. The van der Waals surface area contributed by atoms with Crippen molar-refractivity contribution in [3.05, 3.63) is 0 Å². The molecule has 0 bridgehead atoms. The van der Waals surface area contributed by atoms with Crippen LogP contribution in [0.25, 0.3) is 0 Å². The molecule has 6 nitrogen and oxygen atoms in total. The molecule has 5 N–H and O–H groups in total. The summed E-state index contributed by atoms with van der Waals surface area (Å²) < 4.78 is 0. The van der Waals surface area contributed by atoms with E-state index in [-0.39, 0.29) is 18.9 Å². The predicted molar refractivity (Wildman–Crippen MR) is 49.6 cm³/mol. The van der Waals surface area contributed by atoms with Gasteiger partial charge in [0.15, 0.2) is 5.60 Å². The number of aliphatic carboxylic acids is 1. The van der Waals surface area contributed by atoms with Crippen molar-refractivity contribution < 1.29 is 19.8 Å². The Morgan fingerprint density at radius 3 is 2.50 bits per heavy atom. The minimum Gasteiger partial charge on any atom is -0.479 e. The maximum absolute atomic E-state index is 11.0. The van der Waals surface area contributed by atoms with Gasteiger partial charge in [-0.2, -0.15) is 0 Å².